The Morgan fingerprint density at radius 3 is 2.44 bits per heavy atom. The first-order valence-corrected chi connectivity index (χ1v) is 8.36. The molecule has 0 spiro atoms. The molecule has 1 aliphatic rings. The Morgan fingerprint density at radius 2 is 1.84 bits per heavy atom. The van der Waals surface area contributed by atoms with Crippen molar-refractivity contribution in [3.8, 4) is 0 Å². The molecule has 0 aliphatic carbocycles. The average molecular weight is 350 g/mol. The standard InChI is InChI=1S/C18H26N2O5/c1-18(2,3)25-17(23)20-10-9-19(11-15(20)12-21)16(22)24-13-14-7-5-4-6-8-14/h4-8,15,21H,9-13H2,1-3H3. The van der Waals surface area contributed by atoms with Crippen molar-refractivity contribution in [2.75, 3.05) is 26.2 Å². The number of hydrogen-bond acceptors (Lipinski definition) is 5. The third kappa shape index (κ3) is 5.63. The van der Waals surface area contributed by atoms with Gasteiger partial charge in [-0.15, -0.1) is 0 Å². The lowest BCUT2D eigenvalue weighted by molar-refractivity contribution is -0.0126. The predicted molar refractivity (Wildman–Crippen MR) is 92.0 cm³/mol. The van der Waals surface area contributed by atoms with E-state index in [0.717, 1.165) is 5.56 Å². The molecule has 0 saturated carbocycles. The second kappa shape index (κ2) is 8.20. The first-order chi connectivity index (χ1) is 11.8. The van der Waals surface area contributed by atoms with Crippen LogP contribution >= 0.6 is 0 Å². The summed E-state index contributed by atoms with van der Waals surface area (Å²) in [5, 5.41) is 9.59. The fourth-order valence-electron chi connectivity index (χ4n) is 2.55. The van der Waals surface area contributed by atoms with Crippen LogP contribution in [-0.4, -0.2) is 65.0 Å². The fourth-order valence-corrected chi connectivity index (χ4v) is 2.55. The van der Waals surface area contributed by atoms with E-state index >= 15 is 0 Å². The number of amides is 2. The number of rotatable bonds is 3. The Labute approximate surface area is 148 Å². The van der Waals surface area contributed by atoms with Crippen molar-refractivity contribution in [2.45, 2.75) is 39.0 Å². The Kier molecular flexibility index (Phi) is 6.25. The molecule has 1 unspecified atom stereocenters. The molecule has 7 nitrogen and oxygen atoms in total. The highest BCUT2D eigenvalue weighted by Gasteiger charge is 2.35. The highest BCUT2D eigenvalue weighted by atomic mass is 16.6. The highest BCUT2D eigenvalue weighted by Crippen LogP contribution is 2.16. The average Bonchev–Trinajstić information content (AvgIpc) is 2.58. The smallest absolute Gasteiger partial charge is 0.410 e. The quantitative estimate of drug-likeness (QED) is 0.904. The maximum absolute atomic E-state index is 12.2. The molecule has 1 saturated heterocycles. The van der Waals surface area contributed by atoms with Gasteiger partial charge in [0.15, 0.2) is 0 Å². The van der Waals surface area contributed by atoms with Crippen LogP contribution in [0.5, 0.6) is 0 Å². The third-order valence-electron chi connectivity index (χ3n) is 3.78. The number of aliphatic hydroxyl groups excluding tert-OH is 1. The van der Waals surface area contributed by atoms with Gasteiger partial charge in [0, 0.05) is 19.6 Å². The van der Waals surface area contributed by atoms with E-state index in [0.29, 0.717) is 13.1 Å². The summed E-state index contributed by atoms with van der Waals surface area (Å²) in [6, 6.07) is 8.91. The summed E-state index contributed by atoms with van der Waals surface area (Å²) < 4.78 is 10.7. The van der Waals surface area contributed by atoms with E-state index in [-0.39, 0.29) is 19.8 Å². The molecule has 0 bridgehead atoms. The summed E-state index contributed by atoms with van der Waals surface area (Å²) in [6.07, 6.45) is -0.935. The van der Waals surface area contributed by atoms with E-state index in [1.165, 1.54) is 9.80 Å². The lowest BCUT2D eigenvalue weighted by atomic mass is 10.2. The van der Waals surface area contributed by atoms with Crippen molar-refractivity contribution in [1.82, 2.24) is 9.80 Å². The molecule has 2 amide bonds. The summed E-state index contributed by atoms with van der Waals surface area (Å²) >= 11 is 0. The zero-order chi connectivity index (χ0) is 18.4. The number of benzene rings is 1. The van der Waals surface area contributed by atoms with Crippen LogP contribution in [0.4, 0.5) is 9.59 Å². The van der Waals surface area contributed by atoms with Gasteiger partial charge in [-0.2, -0.15) is 0 Å². The summed E-state index contributed by atoms with van der Waals surface area (Å²) in [4.78, 5) is 27.4. The van der Waals surface area contributed by atoms with Crippen molar-refractivity contribution in [1.29, 1.82) is 0 Å². The van der Waals surface area contributed by atoms with Gasteiger partial charge in [0.25, 0.3) is 0 Å². The topological polar surface area (TPSA) is 79.3 Å². The van der Waals surface area contributed by atoms with Crippen LogP contribution in [0.15, 0.2) is 30.3 Å². The second-order valence-corrected chi connectivity index (χ2v) is 7.00. The van der Waals surface area contributed by atoms with Gasteiger partial charge >= 0.3 is 12.2 Å². The van der Waals surface area contributed by atoms with Crippen LogP contribution in [-0.2, 0) is 16.1 Å². The largest absolute Gasteiger partial charge is 0.445 e. The van der Waals surface area contributed by atoms with Crippen LogP contribution in [0.2, 0.25) is 0 Å². The minimum absolute atomic E-state index is 0.190. The van der Waals surface area contributed by atoms with Crippen molar-refractivity contribution >= 4 is 12.2 Å². The van der Waals surface area contributed by atoms with Crippen molar-refractivity contribution in [2.24, 2.45) is 0 Å². The zero-order valence-electron chi connectivity index (χ0n) is 15.0. The minimum atomic E-state index is -0.608. The summed E-state index contributed by atoms with van der Waals surface area (Å²) in [6.45, 7) is 6.15. The predicted octanol–water partition coefficient (Wildman–Crippen LogP) is 2.24. The molecule has 25 heavy (non-hydrogen) atoms. The van der Waals surface area contributed by atoms with Gasteiger partial charge < -0.3 is 19.5 Å². The number of aliphatic hydroxyl groups is 1. The Bertz CT molecular complexity index is 585. The van der Waals surface area contributed by atoms with Crippen molar-refractivity contribution in [3.63, 3.8) is 0 Å². The Morgan fingerprint density at radius 1 is 1.16 bits per heavy atom. The molecule has 138 valence electrons. The molecule has 1 aromatic rings. The summed E-state index contributed by atoms with van der Waals surface area (Å²) in [7, 11) is 0. The number of carbonyl (C=O) groups is 2. The number of carbonyl (C=O) groups excluding carboxylic acids is 2. The van der Waals surface area contributed by atoms with E-state index in [1.54, 1.807) is 20.8 Å². The van der Waals surface area contributed by atoms with Gasteiger partial charge in [-0.1, -0.05) is 30.3 Å². The molecule has 1 aromatic carbocycles. The molecule has 2 rings (SSSR count). The third-order valence-corrected chi connectivity index (χ3v) is 3.78. The molecule has 1 heterocycles. The highest BCUT2D eigenvalue weighted by molar-refractivity contribution is 5.71. The number of hydrogen-bond donors (Lipinski definition) is 1. The SMILES string of the molecule is CC(C)(C)OC(=O)N1CCN(C(=O)OCc2ccccc2)CC1CO. The number of piperazine rings is 1. The molecule has 7 heteroatoms. The zero-order valence-corrected chi connectivity index (χ0v) is 15.0. The van der Waals surface area contributed by atoms with Crippen LogP contribution in [0.1, 0.15) is 26.3 Å². The fraction of sp³-hybridized carbons (Fsp3) is 0.556. The molecule has 0 radical (unpaired) electrons. The van der Waals surface area contributed by atoms with Gasteiger partial charge in [0.2, 0.25) is 0 Å². The first-order valence-electron chi connectivity index (χ1n) is 8.36. The Balaban J connectivity index is 1.89. The molecule has 0 aromatic heterocycles. The van der Waals surface area contributed by atoms with Crippen LogP contribution < -0.4 is 0 Å². The minimum Gasteiger partial charge on any atom is -0.445 e. The first kappa shape index (κ1) is 19.1. The maximum atomic E-state index is 12.2. The lowest BCUT2D eigenvalue weighted by Crippen LogP contribution is -2.58. The molecular weight excluding hydrogens is 324 g/mol. The lowest BCUT2D eigenvalue weighted by Gasteiger charge is -2.40. The molecule has 1 N–H and O–H groups in total. The molecular formula is C18H26N2O5. The van der Waals surface area contributed by atoms with E-state index in [2.05, 4.69) is 0 Å². The number of ether oxygens (including phenoxy) is 2. The summed E-state index contributed by atoms with van der Waals surface area (Å²) in [5.41, 5.74) is 0.296. The van der Waals surface area contributed by atoms with Crippen LogP contribution in [0.25, 0.3) is 0 Å². The van der Waals surface area contributed by atoms with E-state index < -0.39 is 23.8 Å². The van der Waals surface area contributed by atoms with Gasteiger partial charge in [-0.3, -0.25) is 4.90 Å². The second-order valence-electron chi connectivity index (χ2n) is 7.00. The van der Waals surface area contributed by atoms with E-state index in [9.17, 15) is 14.7 Å². The normalized spacial score (nSPS) is 18.0. The van der Waals surface area contributed by atoms with Gasteiger partial charge in [0.1, 0.15) is 12.2 Å². The van der Waals surface area contributed by atoms with Gasteiger partial charge in [-0.05, 0) is 26.3 Å². The van der Waals surface area contributed by atoms with Crippen LogP contribution in [0, 0.1) is 0 Å². The van der Waals surface area contributed by atoms with Crippen molar-refractivity contribution < 1.29 is 24.2 Å². The van der Waals surface area contributed by atoms with E-state index in [1.807, 2.05) is 30.3 Å². The van der Waals surface area contributed by atoms with Gasteiger partial charge in [-0.25, -0.2) is 9.59 Å². The van der Waals surface area contributed by atoms with E-state index in [4.69, 9.17) is 9.47 Å². The molecule has 1 atom stereocenters. The van der Waals surface area contributed by atoms with Crippen LogP contribution in [0.3, 0.4) is 0 Å². The maximum Gasteiger partial charge on any atom is 0.410 e. The van der Waals surface area contributed by atoms with Crippen molar-refractivity contribution in [3.05, 3.63) is 35.9 Å². The molecule has 1 aliphatic heterocycles. The molecule has 1 fully saturated rings. The number of nitrogens with zero attached hydrogens (tertiary/aromatic N) is 2. The van der Waals surface area contributed by atoms with Gasteiger partial charge in [0.05, 0.1) is 12.6 Å². The monoisotopic (exact) mass is 350 g/mol. The summed E-state index contributed by atoms with van der Waals surface area (Å²) in [5.74, 6) is 0. The Hall–Kier alpha value is -2.28.